The van der Waals surface area contributed by atoms with E-state index in [1.165, 1.54) is 12.3 Å². The number of rotatable bonds is 7. The van der Waals surface area contributed by atoms with Gasteiger partial charge in [-0.25, -0.2) is 4.79 Å². The summed E-state index contributed by atoms with van der Waals surface area (Å²) in [6.45, 7) is 2.20. The Hall–Kier alpha value is -3.61. The molecule has 0 N–H and O–H groups in total. The number of benzene rings is 2. The lowest BCUT2D eigenvalue weighted by atomic mass is 9.95. The maximum atomic E-state index is 13.6. The smallest absolute Gasteiger partial charge is 0.416 e. The van der Waals surface area contributed by atoms with Crippen LogP contribution in [0, 0.1) is 0 Å². The summed E-state index contributed by atoms with van der Waals surface area (Å²) in [6, 6.07) is 14.7. The van der Waals surface area contributed by atoms with Gasteiger partial charge in [0.1, 0.15) is 12.4 Å². The van der Waals surface area contributed by atoms with Crippen molar-refractivity contribution in [3.63, 3.8) is 0 Å². The molecule has 0 spiro atoms. The highest BCUT2D eigenvalue weighted by Crippen LogP contribution is 2.44. The van der Waals surface area contributed by atoms with Gasteiger partial charge in [0.15, 0.2) is 0 Å². The summed E-state index contributed by atoms with van der Waals surface area (Å²) < 4.78 is 51.7. The molecule has 1 aliphatic rings. The Labute approximate surface area is 196 Å². The largest absolute Gasteiger partial charge is 0.488 e. The van der Waals surface area contributed by atoms with E-state index in [4.69, 9.17) is 9.47 Å². The van der Waals surface area contributed by atoms with E-state index in [0.717, 1.165) is 35.3 Å². The second-order valence-electron chi connectivity index (χ2n) is 7.98. The molecular weight excluding hydrogens is 443 g/mol. The van der Waals surface area contributed by atoms with Crippen molar-refractivity contribution in [2.24, 2.45) is 0 Å². The summed E-state index contributed by atoms with van der Waals surface area (Å²) in [5, 5.41) is 0. The molecule has 7 heteroatoms. The van der Waals surface area contributed by atoms with E-state index in [0.29, 0.717) is 35.3 Å². The first kappa shape index (κ1) is 23.5. The molecule has 0 amide bonds. The molecule has 1 heterocycles. The van der Waals surface area contributed by atoms with Crippen molar-refractivity contribution in [1.82, 2.24) is 4.98 Å². The molecular formula is C27H24F3NO3. The third-order valence-corrected chi connectivity index (χ3v) is 5.68. The van der Waals surface area contributed by atoms with E-state index in [2.05, 4.69) is 4.98 Å². The minimum Gasteiger partial charge on any atom is -0.488 e. The molecule has 0 radical (unpaired) electrons. The zero-order valence-electron chi connectivity index (χ0n) is 18.7. The minimum absolute atomic E-state index is 0.238. The summed E-state index contributed by atoms with van der Waals surface area (Å²) >= 11 is 0. The zero-order valence-corrected chi connectivity index (χ0v) is 18.7. The Morgan fingerprint density at radius 3 is 2.50 bits per heavy atom. The van der Waals surface area contributed by atoms with Crippen molar-refractivity contribution in [1.29, 1.82) is 0 Å². The van der Waals surface area contributed by atoms with E-state index in [9.17, 15) is 18.0 Å². The van der Waals surface area contributed by atoms with Crippen molar-refractivity contribution in [3.8, 4) is 5.75 Å². The fourth-order valence-corrected chi connectivity index (χ4v) is 4.09. The number of allylic oxidation sites excluding steroid dienone is 2. The fourth-order valence-electron chi connectivity index (χ4n) is 4.09. The first-order valence-corrected chi connectivity index (χ1v) is 11.1. The molecule has 0 saturated heterocycles. The second-order valence-corrected chi connectivity index (χ2v) is 7.98. The lowest BCUT2D eigenvalue weighted by molar-refractivity contribution is -0.137. The molecule has 0 atom stereocenters. The molecule has 34 heavy (non-hydrogen) atoms. The van der Waals surface area contributed by atoms with E-state index in [1.807, 2.05) is 30.3 Å². The molecule has 0 fully saturated rings. The Morgan fingerprint density at radius 2 is 1.76 bits per heavy atom. The van der Waals surface area contributed by atoms with Gasteiger partial charge in [0.05, 0.1) is 17.7 Å². The van der Waals surface area contributed by atoms with Gasteiger partial charge in [-0.2, -0.15) is 13.2 Å². The van der Waals surface area contributed by atoms with Gasteiger partial charge in [-0.15, -0.1) is 0 Å². The number of carbonyl (C=O) groups is 1. The second kappa shape index (κ2) is 10.1. The molecule has 4 rings (SSSR count). The number of halogens is 3. The number of ether oxygens (including phenoxy) is 2. The van der Waals surface area contributed by atoms with Crippen molar-refractivity contribution < 1.29 is 27.4 Å². The molecule has 3 aromatic rings. The van der Waals surface area contributed by atoms with Crippen LogP contribution in [0.2, 0.25) is 0 Å². The van der Waals surface area contributed by atoms with Crippen LogP contribution in [0.25, 0.3) is 11.1 Å². The molecule has 0 aliphatic heterocycles. The average molecular weight is 467 g/mol. The third kappa shape index (κ3) is 5.30. The number of hydrogen-bond acceptors (Lipinski definition) is 4. The zero-order chi connectivity index (χ0) is 24.1. The summed E-state index contributed by atoms with van der Waals surface area (Å²) in [7, 11) is 0. The van der Waals surface area contributed by atoms with E-state index >= 15 is 0 Å². The number of aromatic nitrogens is 1. The highest BCUT2D eigenvalue weighted by molar-refractivity contribution is 5.96. The lowest BCUT2D eigenvalue weighted by Crippen LogP contribution is -2.07. The van der Waals surface area contributed by atoms with Crippen LogP contribution in [0.1, 0.15) is 58.8 Å². The quantitative estimate of drug-likeness (QED) is 0.353. The first-order valence-electron chi connectivity index (χ1n) is 11.1. The molecule has 2 aromatic carbocycles. The van der Waals surface area contributed by atoms with Crippen LogP contribution in [0.15, 0.2) is 67.0 Å². The molecule has 4 nitrogen and oxygen atoms in total. The van der Waals surface area contributed by atoms with Gasteiger partial charge in [-0.3, -0.25) is 4.98 Å². The van der Waals surface area contributed by atoms with E-state index in [1.54, 1.807) is 19.2 Å². The molecule has 176 valence electrons. The number of alkyl halides is 3. The standard InChI is InChI=1S/C27H24F3NO3/c1-2-33-26(32)20-13-19(15-31-16-20)22-9-6-10-23(22)24-14-21(27(28,29)30)11-12-25(24)34-17-18-7-4-3-5-8-18/h3-5,7-8,11-16H,2,6,9-10,17H2,1H3. The van der Waals surface area contributed by atoms with Crippen LogP contribution in [-0.4, -0.2) is 17.6 Å². The summed E-state index contributed by atoms with van der Waals surface area (Å²) in [5.41, 5.74) is 3.25. The maximum Gasteiger partial charge on any atom is 0.416 e. The number of esters is 1. The molecule has 1 aliphatic carbocycles. The highest BCUT2D eigenvalue weighted by atomic mass is 19.4. The molecule has 1 aromatic heterocycles. The van der Waals surface area contributed by atoms with Crippen molar-refractivity contribution in [2.75, 3.05) is 6.61 Å². The average Bonchev–Trinajstić information content (AvgIpc) is 3.33. The monoisotopic (exact) mass is 467 g/mol. The normalized spacial score (nSPS) is 13.8. The highest BCUT2D eigenvalue weighted by Gasteiger charge is 2.32. The van der Waals surface area contributed by atoms with Crippen molar-refractivity contribution in [2.45, 2.75) is 39.0 Å². The summed E-state index contributed by atoms with van der Waals surface area (Å²) in [5.74, 6) is -0.0938. The Morgan fingerprint density at radius 1 is 1.00 bits per heavy atom. The Kier molecular flexibility index (Phi) is 7.01. The fraction of sp³-hybridized carbons (Fsp3) is 0.259. The number of carbonyl (C=O) groups excluding carboxylic acids is 1. The Balaban J connectivity index is 1.76. The van der Waals surface area contributed by atoms with Crippen LogP contribution >= 0.6 is 0 Å². The molecule has 0 saturated carbocycles. The summed E-state index contributed by atoms with van der Waals surface area (Å²) in [6.07, 6.45) is 0.622. The third-order valence-electron chi connectivity index (χ3n) is 5.68. The van der Waals surface area contributed by atoms with E-state index in [-0.39, 0.29) is 13.2 Å². The molecule has 0 unspecified atom stereocenters. The lowest BCUT2D eigenvalue weighted by Gasteiger charge is -2.17. The van der Waals surface area contributed by atoms with Gasteiger partial charge in [0.25, 0.3) is 0 Å². The van der Waals surface area contributed by atoms with Crippen LogP contribution in [0.5, 0.6) is 5.75 Å². The van der Waals surface area contributed by atoms with Crippen molar-refractivity contribution >= 4 is 17.1 Å². The maximum absolute atomic E-state index is 13.6. The van der Waals surface area contributed by atoms with Gasteiger partial charge < -0.3 is 9.47 Å². The minimum atomic E-state index is -4.47. The van der Waals surface area contributed by atoms with Gasteiger partial charge in [0.2, 0.25) is 0 Å². The predicted molar refractivity (Wildman–Crippen MR) is 123 cm³/mol. The van der Waals surface area contributed by atoms with Crippen LogP contribution in [0.3, 0.4) is 0 Å². The van der Waals surface area contributed by atoms with Gasteiger partial charge in [0, 0.05) is 18.0 Å². The predicted octanol–water partition coefficient (Wildman–Crippen LogP) is 6.95. The summed E-state index contributed by atoms with van der Waals surface area (Å²) in [4.78, 5) is 16.3. The van der Waals surface area contributed by atoms with Gasteiger partial charge >= 0.3 is 12.1 Å². The first-order chi connectivity index (χ1) is 16.4. The van der Waals surface area contributed by atoms with Gasteiger partial charge in [-0.05, 0) is 72.7 Å². The topological polar surface area (TPSA) is 48.4 Å². The van der Waals surface area contributed by atoms with Crippen LogP contribution in [0.4, 0.5) is 13.2 Å². The SMILES string of the molecule is CCOC(=O)c1cncc(C2=C(c3cc(C(F)(F)F)ccc3OCc3ccccc3)CCC2)c1. The Bertz CT molecular complexity index is 1200. The van der Waals surface area contributed by atoms with Crippen molar-refractivity contribution in [3.05, 3.63) is 94.8 Å². The van der Waals surface area contributed by atoms with Crippen LogP contribution in [-0.2, 0) is 17.5 Å². The van der Waals surface area contributed by atoms with Crippen LogP contribution < -0.4 is 4.74 Å². The molecule has 0 bridgehead atoms. The van der Waals surface area contributed by atoms with E-state index < -0.39 is 17.7 Å². The van der Waals surface area contributed by atoms with Gasteiger partial charge in [-0.1, -0.05) is 30.3 Å². The number of pyridine rings is 1. The number of hydrogen-bond donors (Lipinski definition) is 0. The number of nitrogens with zero attached hydrogens (tertiary/aromatic N) is 1.